The standard InChI is InChI=1S/C16H15NO2S/c18-20(19)13-4-5-14(20)9-12(8-13)15-3-1-2-11-6-7-17-10-16(11)15/h1-3,6-8,10,13-14H,4-5,9H2. The third-order valence-electron chi connectivity index (χ3n) is 4.52. The first-order chi connectivity index (χ1) is 9.66. The van der Waals surface area contributed by atoms with E-state index in [-0.39, 0.29) is 10.5 Å². The lowest BCUT2D eigenvalue weighted by Gasteiger charge is -2.21. The second-order valence-corrected chi connectivity index (χ2v) is 8.08. The summed E-state index contributed by atoms with van der Waals surface area (Å²) < 4.78 is 24.3. The van der Waals surface area contributed by atoms with Crippen molar-refractivity contribution >= 4 is 26.2 Å². The van der Waals surface area contributed by atoms with E-state index in [1.165, 1.54) is 5.57 Å². The molecule has 3 heterocycles. The molecule has 0 aliphatic carbocycles. The molecular formula is C16H15NO2S. The van der Waals surface area contributed by atoms with Gasteiger partial charge in [0.05, 0.1) is 10.5 Å². The zero-order chi connectivity index (χ0) is 13.7. The van der Waals surface area contributed by atoms with Crippen LogP contribution in [0.15, 0.2) is 42.7 Å². The van der Waals surface area contributed by atoms with Crippen LogP contribution in [0.1, 0.15) is 24.8 Å². The van der Waals surface area contributed by atoms with Gasteiger partial charge in [-0.1, -0.05) is 24.3 Å². The molecule has 1 fully saturated rings. The summed E-state index contributed by atoms with van der Waals surface area (Å²) >= 11 is 0. The van der Waals surface area contributed by atoms with Crippen molar-refractivity contribution in [1.82, 2.24) is 4.98 Å². The van der Waals surface area contributed by atoms with Crippen molar-refractivity contribution in [3.63, 3.8) is 0 Å². The average Bonchev–Trinajstić information content (AvgIpc) is 2.66. The summed E-state index contributed by atoms with van der Waals surface area (Å²) in [6.45, 7) is 0. The van der Waals surface area contributed by atoms with Crippen molar-refractivity contribution in [1.29, 1.82) is 0 Å². The SMILES string of the molecule is O=S1(=O)C2C=C(c3cccc4ccncc34)CC1CC2. The molecule has 0 amide bonds. The molecule has 102 valence electrons. The van der Waals surface area contributed by atoms with E-state index in [4.69, 9.17) is 0 Å². The van der Waals surface area contributed by atoms with Crippen LogP contribution in [-0.4, -0.2) is 23.9 Å². The molecular weight excluding hydrogens is 270 g/mol. The smallest absolute Gasteiger partial charge is 0.159 e. The maximum atomic E-state index is 12.2. The van der Waals surface area contributed by atoms with Crippen molar-refractivity contribution in [2.75, 3.05) is 0 Å². The molecule has 20 heavy (non-hydrogen) atoms. The molecule has 0 N–H and O–H groups in total. The van der Waals surface area contributed by atoms with E-state index < -0.39 is 9.84 Å². The molecule has 2 unspecified atom stereocenters. The molecule has 4 rings (SSSR count). The van der Waals surface area contributed by atoms with Gasteiger partial charge in [0, 0.05) is 17.8 Å². The molecule has 2 bridgehead atoms. The number of pyridine rings is 1. The van der Waals surface area contributed by atoms with Crippen LogP contribution in [-0.2, 0) is 9.84 Å². The Hall–Kier alpha value is -1.68. The van der Waals surface area contributed by atoms with Crippen LogP contribution in [0.25, 0.3) is 16.3 Å². The van der Waals surface area contributed by atoms with Gasteiger partial charge >= 0.3 is 0 Å². The van der Waals surface area contributed by atoms with Crippen molar-refractivity contribution in [3.05, 3.63) is 48.3 Å². The van der Waals surface area contributed by atoms with Gasteiger partial charge in [0.1, 0.15) is 0 Å². The van der Waals surface area contributed by atoms with Crippen LogP contribution in [0, 0.1) is 0 Å². The fourth-order valence-electron chi connectivity index (χ4n) is 3.45. The number of sulfone groups is 1. The Labute approximate surface area is 118 Å². The maximum Gasteiger partial charge on any atom is 0.159 e. The molecule has 0 saturated carbocycles. The molecule has 2 aromatic rings. The minimum absolute atomic E-state index is 0.181. The van der Waals surface area contributed by atoms with Crippen LogP contribution in [0.5, 0.6) is 0 Å². The molecule has 1 aromatic heterocycles. The van der Waals surface area contributed by atoms with Gasteiger partial charge in [-0.2, -0.15) is 0 Å². The largest absolute Gasteiger partial charge is 0.264 e. The number of hydrogen-bond acceptors (Lipinski definition) is 3. The Bertz CT molecular complexity index is 818. The summed E-state index contributed by atoms with van der Waals surface area (Å²) in [5.41, 5.74) is 2.31. The number of aromatic nitrogens is 1. The van der Waals surface area contributed by atoms with Crippen LogP contribution in [0.3, 0.4) is 0 Å². The van der Waals surface area contributed by atoms with Crippen molar-refractivity contribution < 1.29 is 8.42 Å². The van der Waals surface area contributed by atoms with Crippen LogP contribution < -0.4 is 0 Å². The van der Waals surface area contributed by atoms with Gasteiger partial charge in [-0.3, -0.25) is 4.98 Å². The van der Waals surface area contributed by atoms with Gasteiger partial charge in [0.25, 0.3) is 0 Å². The molecule has 4 heteroatoms. The van der Waals surface area contributed by atoms with Gasteiger partial charge < -0.3 is 0 Å². The van der Waals surface area contributed by atoms with E-state index in [9.17, 15) is 8.42 Å². The lowest BCUT2D eigenvalue weighted by molar-refractivity contribution is 0.585. The topological polar surface area (TPSA) is 47.0 Å². The molecule has 3 nitrogen and oxygen atoms in total. The monoisotopic (exact) mass is 285 g/mol. The van der Waals surface area contributed by atoms with Crippen molar-refractivity contribution in [2.45, 2.75) is 29.8 Å². The van der Waals surface area contributed by atoms with E-state index in [0.29, 0.717) is 6.42 Å². The third-order valence-corrected chi connectivity index (χ3v) is 7.07. The fourth-order valence-corrected chi connectivity index (χ4v) is 5.64. The number of rotatable bonds is 1. The Morgan fingerprint density at radius 3 is 2.90 bits per heavy atom. The molecule has 0 spiro atoms. The predicted octanol–water partition coefficient (Wildman–Crippen LogP) is 2.97. The van der Waals surface area contributed by atoms with E-state index in [1.54, 1.807) is 6.20 Å². The number of allylic oxidation sites excluding steroid dienone is 1. The second kappa shape index (κ2) is 4.16. The Kier molecular flexibility index (Phi) is 2.51. The first-order valence-electron chi connectivity index (χ1n) is 6.93. The van der Waals surface area contributed by atoms with E-state index in [0.717, 1.165) is 29.2 Å². The van der Waals surface area contributed by atoms with Gasteiger partial charge in [-0.15, -0.1) is 0 Å². The van der Waals surface area contributed by atoms with E-state index in [2.05, 4.69) is 17.1 Å². The summed E-state index contributed by atoms with van der Waals surface area (Å²) in [6.07, 6.45) is 7.86. The van der Waals surface area contributed by atoms with Gasteiger partial charge in [0.2, 0.25) is 0 Å². The third kappa shape index (κ3) is 1.64. The summed E-state index contributed by atoms with van der Waals surface area (Å²) in [6, 6.07) is 8.17. The van der Waals surface area contributed by atoms with E-state index in [1.807, 2.05) is 24.4 Å². The minimum Gasteiger partial charge on any atom is -0.264 e. The van der Waals surface area contributed by atoms with Crippen LogP contribution in [0.2, 0.25) is 0 Å². The fraction of sp³-hybridized carbons (Fsp3) is 0.312. The lowest BCUT2D eigenvalue weighted by Crippen LogP contribution is -2.26. The first-order valence-corrected chi connectivity index (χ1v) is 8.54. The van der Waals surface area contributed by atoms with Gasteiger partial charge in [0.15, 0.2) is 9.84 Å². The van der Waals surface area contributed by atoms with Gasteiger partial charge in [-0.05, 0) is 41.9 Å². The number of fused-ring (bicyclic) bond motifs is 3. The molecule has 1 aromatic carbocycles. The Morgan fingerprint density at radius 1 is 1.15 bits per heavy atom. The molecule has 1 saturated heterocycles. The van der Waals surface area contributed by atoms with E-state index >= 15 is 0 Å². The summed E-state index contributed by atoms with van der Waals surface area (Å²) in [7, 11) is -2.92. The number of benzene rings is 1. The molecule has 2 aliphatic rings. The van der Waals surface area contributed by atoms with Crippen LogP contribution in [0.4, 0.5) is 0 Å². The second-order valence-electron chi connectivity index (χ2n) is 5.63. The predicted molar refractivity (Wildman–Crippen MR) is 80.1 cm³/mol. The highest BCUT2D eigenvalue weighted by Gasteiger charge is 2.43. The van der Waals surface area contributed by atoms with Crippen LogP contribution >= 0.6 is 0 Å². The van der Waals surface area contributed by atoms with Gasteiger partial charge in [-0.25, -0.2) is 8.42 Å². The minimum atomic E-state index is -2.92. The molecule has 0 radical (unpaired) electrons. The first kappa shape index (κ1) is 12.1. The van der Waals surface area contributed by atoms with Crippen molar-refractivity contribution in [3.8, 4) is 0 Å². The molecule has 2 atom stereocenters. The highest BCUT2D eigenvalue weighted by Crippen LogP contribution is 2.41. The highest BCUT2D eigenvalue weighted by molar-refractivity contribution is 7.93. The highest BCUT2D eigenvalue weighted by atomic mass is 32.2. The summed E-state index contributed by atoms with van der Waals surface area (Å²) in [4.78, 5) is 4.21. The molecule has 2 aliphatic heterocycles. The number of hydrogen-bond donors (Lipinski definition) is 0. The zero-order valence-corrected chi connectivity index (χ0v) is 11.8. The summed E-state index contributed by atoms with van der Waals surface area (Å²) in [5.74, 6) is 0. The lowest BCUT2D eigenvalue weighted by atomic mass is 9.96. The summed E-state index contributed by atoms with van der Waals surface area (Å²) in [5, 5.41) is 1.81. The van der Waals surface area contributed by atoms with Crippen molar-refractivity contribution in [2.24, 2.45) is 0 Å². The average molecular weight is 285 g/mol. The maximum absolute atomic E-state index is 12.2. The zero-order valence-electron chi connectivity index (χ0n) is 11.0. The normalized spacial score (nSPS) is 27.5. The Balaban J connectivity index is 1.90. The number of nitrogens with zero attached hydrogens (tertiary/aromatic N) is 1. The quantitative estimate of drug-likeness (QED) is 0.809. The Morgan fingerprint density at radius 2 is 2.05 bits per heavy atom.